The fourth-order valence-electron chi connectivity index (χ4n) is 1.52. The SMILES string of the molecule is CN(C(=O)NCCCC(=O)O)c1ccccc1C#N. The third-order valence-electron chi connectivity index (χ3n) is 2.53. The molecule has 19 heavy (non-hydrogen) atoms. The monoisotopic (exact) mass is 261 g/mol. The molecule has 0 aliphatic heterocycles. The fourth-order valence-corrected chi connectivity index (χ4v) is 1.52. The number of nitrogens with zero attached hydrogens (tertiary/aromatic N) is 2. The van der Waals surface area contributed by atoms with E-state index in [9.17, 15) is 9.59 Å². The normalized spacial score (nSPS) is 9.47. The van der Waals surface area contributed by atoms with Crippen molar-refractivity contribution in [3.8, 4) is 6.07 Å². The average Bonchev–Trinajstić information content (AvgIpc) is 2.42. The van der Waals surface area contributed by atoms with Crippen molar-refractivity contribution in [3.05, 3.63) is 29.8 Å². The number of rotatable bonds is 5. The molecule has 0 aliphatic rings. The van der Waals surface area contributed by atoms with Crippen LogP contribution in [0.2, 0.25) is 0 Å². The Balaban J connectivity index is 2.57. The summed E-state index contributed by atoms with van der Waals surface area (Å²) in [6.45, 7) is 0.282. The first kappa shape index (κ1) is 14.5. The molecule has 6 nitrogen and oxygen atoms in total. The summed E-state index contributed by atoms with van der Waals surface area (Å²) in [5.74, 6) is -0.891. The van der Waals surface area contributed by atoms with Crippen molar-refractivity contribution in [2.75, 3.05) is 18.5 Å². The first-order valence-electron chi connectivity index (χ1n) is 5.78. The van der Waals surface area contributed by atoms with Gasteiger partial charge in [0.25, 0.3) is 0 Å². The molecule has 1 aromatic rings. The van der Waals surface area contributed by atoms with E-state index in [4.69, 9.17) is 10.4 Å². The zero-order valence-corrected chi connectivity index (χ0v) is 10.6. The topological polar surface area (TPSA) is 93.4 Å². The molecule has 2 N–H and O–H groups in total. The molecule has 0 unspecified atom stereocenters. The molecule has 0 atom stereocenters. The van der Waals surface area contributed by atoms with Crippen LogP contribution in [0.3, 0.4) is 0 Å². The lowest BCUT2D eigenvalue weighted by Gasteiger charge is -2.19. The number of aliphatic carboxylic acids is 1. The van der Waals surface area contributed by atoms with E-state index in [0.717, 1.165) is 0 Å². The zero-order valence-electron chi connectivity index (χ0n) is 10.6. The molecule has 0 saturated carbocycles. The molecule has 0 spiro atoms. The van der Waals surface area contributed by atoms with Crippen LogP contribution >= 0.6 is 0 Å². The first-order chi connectivity index (χ1) is 9.06. The maximum Gasteiger partial charge on any atom is 0.321 e. The van der Waals surface area contributed by atoms with Gasteiger partial charge >= 0.3 is 12.0 Å². The van der Waals surface area contributed by atoms with Crippen molar-refractivity contribution in [1.29, 1.82) is 5.26 Å². The smallest absolute Gasteiger partial charge is 0.321 e. The van der Waals surface area contributed by atoms with Crippen LogP contribution in [0.25, 0.3) is 0 Å². The second-order valence-electron chi connectivity index (χ2n) is 3.92. The van der Waals surface area contributed by atoms with Gasteiger partial charge in [-0.05, 0) is 18.6 Å². The van der Waals surface area contributed by atoms with Crippen LogP contribution in [-0.4, -0.2) is 30.7 Å². The van der Waals surface area contributed by atoms with Gasteiger partial charge in [-0.3, -0.25) is 9.69 Å². The number of amides is 2. The summed E-state index contributed by atoms with van der Waals surface area (Å²) in [6.07, 6.45) is 0.383. The number of carboxylic acids is 1. The van der Waals surface area contributed by atoms with Crippen molar-refractivity contribution < 1.29 is 14.7 Å². The molecule has 0 radical (unpaired) electrons. The van der Waals surface area contributed by atoms with Crippen molar-refractivity contribution in [2.45, 2.75) is 12.8 Å². The van der Waals surface area contributed by atoms with Crippen LogP contribution < -0.4 is 10.2 Å². The quantitative estimate of drug-likeness (QED) is 0.787. The summed E-state index contributed by atoms with van der Waals surface area (Å²) in [5, 5.41) is 20.0. The average molecular weight is 261 g/mol. The number of benzene rings is 1. The largest absolute Gasteiger partial charge is 0.481 e. The summed E-state index contributed by atoms with van der Waals surface area (Å²) >= 11 is 0. The van der Waals surface area contributed by atoms with Crippen LogP contribution in [0.4, 0.5) is 10.5 Å². The minimum Gasteiger partial charge on any atom is -0.481 e. The Bertz CT molecular complexity index is 508. The number of urea groups is 1. The van der Waals surface area contributed by atoms with Crippen molar-refractivity contribution >= 4 is 17.7 Å². The van der Waals surface area contributed by atoms with Crippen LogP contribution in [0.15, 0.2) is 24.3 Å². The Morgan fingerprint density at radius 1 is 1.42 bits per heavy atom. The van der Waals surface area contributed by atoms with Gasteiger partial charge in [0.2, 0.25) is 0 Å². The van der Waals surface area contributed by atoms with Crippen LogP contribution in [0.1, 0.15) is 18.4 Å². The summed E-state index contributed by atoms with van der Waals surface area (Å²) in [4.78, 5) is 23.5. The summed E-state index contributed by atoms with van der Waals surface area (Å²) in [5.41, 5.74) is 0.923. The highest BCUT2D eigenvalue weighted by molar-refractivity contribution is 5.92. The second-order valence-corrected chi connectivity index (χ2v) is 3.92. The number of anilines is 1. The number of carboxylic acid groups (broad SMARTS) is 1. The van der Waals surface area contributed by atoms with Gasteiger partial charge in [0, 0.05) is 20.0 Å². The lowest BCUT2D eigenvalue weighted by molar-refractivity contribution is -0.137. The number of carbonyl (C=O) groups is 2. The molecule has 2 amide bonds. The number of carbonyl (C=O) groups excluding carboxylic acids is 1. The standard InChI is InChI=1S/C13H15N3O3/c1-16(11-6-3-2-5-10(11)9-14)13(19)15-8-4-7-12(17)18/h2-3,5-6H,4,7-8H2,1H3,(H,15,19)(H,17,18). The minimum atomic E-state index is -0.891. The predicted molar refractivity (Wildman–Crippen MR) is 69.8 cm³/mol. The van der Waals surface area contributed by atoms with E-state index in [2.05, 4.69) is 5.32 Å². The van der Waals surface area contributed by atoms with Gasteiger partial charge < -0.3 is 10.4 Å². The zero-order chi connectivity index (χ0) is 14.3. The number of nitriles is 1. The molecule has 0 aromatic heterocycles. The van der Waals surface area contributed by atoms with E-state index in [1.54, 1.807) is 31.3 Å². The maximum absolute atomic E-state index is 11.8. The molecule has 0 heterocycles. The van der Waals surface area contributed by atoms with Gasteiger partial charge in [0.1, 0.15) is 6.07 Å². The van der Waals surface area contributed by atoms with E-state index in [1.165, 1.54) is 4.90 Å². The number of hydrogen-bond donors (Lipinski definition) is 2. The summed E-state index contributed by atoms with van der Waals surface area (Å²) in [6, 6.07) is 8.41. The number of para-hydroxylation sites is 1. The van der Waals surface area contributed by atoms with E-state index < -0.39 is 5.97 Å². The highest BCUT2D eigenvalue weighted by Gasteiger charge is 2.13. The molecule has 1 aromatic carbocycles. The Morgan fingerprint density at radius 2 is 2.11 bits per heavy atom. The minimum absolute atomic E-state index is 0.0127. The molecule has 0 saturated heterocycles. The third-order valence-corrected chi connectivity index (χ3v) is 2.53. The van der Waals surface area contributed by atoms with Gasteiger partial charge in [-0.1, -0.05) is 12.1 Å². The Morgan fingerprint density at radius 3 is 2.74 bits per heavy atom. The predicted octanol–water partition coefficient (Wildman–Crippen LogP) is 1.57. The lowest BCUT2D eigenvalue weighted by atomic mass is 10.2. The Hall–Kier alpha value is -2.55. The highest BCUT2D eigenvalue weighted by atomic mass is 16.4. The number of hydrogen-bond acceptors (Lipinski definition) is 3. The summed E-state index contributed by atoms with van der Waals surface area (Å²) < 4.78 is 0. The van der Waals surface area contributed by atoms with Gasteiger partial charge in [-0.2, -0.15) is 5.26 Å². The van der Waals surface area contributed by atoms with Crippen LogP contribution in [0, 0.1) is 11.3 Å². The van der Waals surface area contributed by atoms with Gasteiger partial charge in [0.05, 0.1) is 11.3 Å². The molecule has 1 rings (SSSR count). The lowest BCUT2D eigenvalue weighted by Crippen LogP contribution is -2.38. The van der Waals surface area contributed by atoms with E-state index in [1.807, 2.05) is 6.07 Å². The molecule has 100 valence electrons. The number of nitrogens with one attached hydrogen (secondary N) is 1. The molecule has 0 aliphatic carbocycles. The molecular formula is C13H15N3O3. The van der Waals surface area contributed by atoms with Gasteiger partial charge in [-0.25, -0.2) is 4.79 Å². The molecule has 0 fully saturated rings. The van der Waals surface area contributed by atoms with E-state index in [-0.39, 0.29) is 19.0 Å². The van der Waals surface area contributed by atoms with E-state index >= 15 is 0 Å². The second kappa shape index (κ2) is 7.01. The molecular weight excluding hydrogens is 246 g/mol. The Labute approximate surface area is 111 Å². The third kappa shape index (κ3) is 4.32. The molecule has 6 heteroatoms. The molecule has 0 bridgehead atoms. The Kier molecular flexibility index (Phi) is 5.35. The van der Waals surface area contributed by atoms with E-state index in [0.29, 0.717) is 17.7 Å². The van der Waals surface area contributed by atoms with Crippen molar-refractivity contribution in [1.82, 2.24) is 5.32 Å². The van der Waals surface area contributed by atoms with Gasteiger partial charge in [0.15, 0.2) is 0 Å². The van der Waals surface area contributed by atoms with Crippen molar-refractivity contribution in [2.24, 2.45) is 0 Å². The van der Waals surface area contributed by atoms with Gasteiger partial charge in [-0.15, -0.1) is 0 Å². The van der Waals surface area contributed by atoms with Crippen LogP contribution in [-0.2, 0) is 4.79 Å². The van der Waals surface area contributed by atoms with Crippen molar-refractivity contribution in [3.63, 3.8) is 0 Å². The maximum atomic E-state index is 11.8. The first-order valence-corrected chi connectivity index (χ1v) is 5.78. The summed E-state index contributed by atoms with van der Waals surface area (Å²) in [7, 11) is 1.56. The highest BCUT2D eigenvalue weighted by Crippen LogP contribution is 2.17. The fraction of sp³-hybridized carbons (Fsp3) is 0.308. The van der Waals surface area contributed by atoms with Crippen LogP contribution in [0.5, 0.6) is 0 Å².